The predicted molar refractivity (Wildman–Crippen MR) is 63.2 cm³/mol. The predicted octanol–water partition coefficient (Wildman–Crippen LogP) is 1.11. The van der Waals surface area contributed by atoms with Gasteiger partial charge in [-0.1, -0.05) is 30.3 Å². The average Bonchev–Trinajstić information content (AvgIpc) is 2.25. The molecule has 0 aliphatic rings. The molecule has 0 aliphatic carbocycles. The summed E-state index contributed by atoms with van der Waals surface area (Å²) in [5.41, 5.74) is 8.47. The molecule has 1 unspecified atom stereocenters. The molecule has 4 nitrogen and oxygen atoms in total. The van der Waals surface area contributed by atoms with Crippen LogP contribution in [0.2, 0.25) is 0 Å². The van der Waals surface area contributed by atoms with Crippen molar-refractivity contribution in [2.45, 2.75) is 5.92 Å². The number of nitrogens with one attached hydrogen (secondary N) is 1. The Balaban J connectivity index is 2.70. The van der Waals surface area contributed by atoms with Gasteiger partial charge in [-0.25, -0.2) is 0 Å². The molecule has 1 rings (SSSR count). The Morgan fingerprint density at radius 2 is 2.20 bits per heavy atom. The maximum absolute atomic E-state index is 8.91. The van der Waals surface area contributed by atoms with Gasteiger partial charge in [-0.2, -0.15) is 10.4 Å². The van der Waals surface area contributed by atoms with Gasteiger partial charge in [0, 0.05) is 6.21 Å². The molecular weight excluding hydrogens is 208 g/mol. The van der Waals surface area contributed by atoms with E-state index in [2.05, 4.69) is 28.8 Å². The van der Waals surface area contributed by atoms with Crippen molar-refractivity contribution in [2.24, 2.45) is 10.8 Å². The van der Waals surface area contributed by atoms with E-state index in [1.807, 2.05) is 30.3 Å². The second-order valence-corrected chi connectivity index (χ2v) is 3.21. The highest BCUT2D eigenvalue weighted by Gasteiger charge is 2.05. The Morgan fingerprint density at radius 1 is 1.53 bits per heavy atom. The van der Waals surface area contributed by atoms with Gasteiger partial charge in [-0.05, 0) is 17.8 Å². The van der Waals surface area contributed by atoms with E-state index < -0.39 is 5.92 Å². The van der Waals surface area contributed by atoms with Crippen molar-refractivity contribution < 1.29 is 0 Å². The van der Waals surface area contributed by atoms with Crippen molar-refractivity contribution in [1.82, 2.24) is 5.43 Å². The lowest BCUT2D eigenvalue weighted by atomic mass is 10.0. The topological polar surface area (TPSA) is 74.2 Å². The zero-order chi connectivity index (χ0) is 11.1. The second kappa shape index (κ2) is 5.73. The van der Waals surface area contributed by atoms with E-state index in [1.54, 1.807) is 0 Å². The molecule has 76 valence electrons. The average molecular weight is 218 g/mol. The fourth-order valence-corrected chi connectivity index (χ4v) is 1.08. The van der Waals surface area contributed by atoms with Gasteiger partial charge in [0.1, 0.15) is 5.92 Å². The summed E-state index contributed by atoms with van der Waals surface area (Å²) >= 11 is 4.57. The maximum Gasteiger partial charge on any atom is 0.184 e. The Morgan fingerprint density at radius 3 is 2.73 bits per heavy atom. The number of thiocarbonyl (C=S) groups is 1. The van der Waals surface area contributed by atoms with Gasteiger partial charge < -0.3 is 5.73 Å². The number of hydrogen-bond acceptors (Lipinski definition) is 3. The first-order valence-corrected chi connectivity index (χ1v) is 4.68. The van der Waals surface area contributed by atoms with Crippen LogP contribution in [0.5, 0.6) is 0 Å². The lowest BCUT2D eigenvalue weighted by Crippen LogP contribution is -2.24. The highest BCUT2D eigenvalue weighted by Crippen LogP contribution is 2.11. The fourth-order valence-electron chi connectivity index (χ4n) is 1.03. The fraction of sp³-hybridized carbons (Fsp3) is 0.100. The van der Waals surface area contributed by atoms with E-state index in [9.17, 15) is 0 Å². The third-order valence-electron chi connectivity index (χ3n) is 1.70. The summed E-state index contributed by atoms with van der Waals surface area (Å²) in [6.07, 6.45) is 1.47. The number of hydrogen-bond donors (Lipinski definition) is 2. The summed E-state index contributed by atoms with van der Waals surface area (Å²) < 4.78 is 0. The van der Waals surface area contributed by atoms with E-state index in [0.717, 1.165) is 5.56 Å². The number of nitriles is 1. The van der Waals surface area contributed by atoms with Crippen LogP contribution >= 0.6 is 12.2 Å². The standard InChI is InChI=1S/C10H10N4S/c11-6-9(7-13-14-10(12)15)8-4-2-1-3-5-8/h1-5,7,9H,(H3,12,14,15)/b13-7+. The third kappa shape index (κ3) is 3.75. The molecule has 0 saturated heterocycles. The quantitative estimate of drug-likeness (QED) is 0.453. The van der Waals surface area contributed by atoms with Crippen molar-refractivity contribution in [1.29, 1.82) is 5.26 Å². The maximum atomic E-state index is 8.91. The van der Waals surface area contributed by atoms with Crippen molar-refractivity contribution in [3.63, 3.8) is 0 Å². The SMILES string of the molecule is N#CC(/C=N/NC(N)=S)c1ccccc1. The molecule has 0 spiro atoms. The molecule has 0 aliphatic heterocycles. The van der Waals surface area contributed by atoms with Gasteiger partial charge in [0.25, 0.3) is 0 Å². The summed E-state index contributed by atoms with van der Waals surface area (Å²) in [7, 11) is 0. The molecular formula is C10H10N4S. The minimum atomic E-state index is -0.395. The van der Waals surface area contributed by atoms with Gasteiger partial charge in [-0.15, -0.1) is 0 Å². The van der Waals surface area contributed by atoms with E-state index in [4.69, 9.17) is 11.0 Å². The Labute approximate surface area is 93.4 Å². The van der Waals surface area contributed by atoms with Crippen LogP contribution < -0.4 is 11.2 Å². The summed E-state index contributed by atoms with van der Waals surface area (Å²) in [6, 6.07) is 11.5. The largest absolute Gasteiger partial charge is 0.375 e. The highest BCUT2D eigenvalue weighted by atomic mass is 32.1. The summed E-state index contributed by atoms with van der Waals surface area (Å²) in [6.45, 7) is 0. The molecule has 1 aromatic carbocycles. The Bertz CT molecular complexity index is 394. The summed E-state index contributed by atoms with van der Waals surface area (Å²) in [4.78, 5) is 0. The third-order valence-corrected chi connectivity index (χ3v) is 1.79. The summed E-state index contributed by atoms with van der Waals surface area (Å²) in [5.74, 6) is -0.395. The van der Waals surface area contributed by atoms with Gasteiger partial charge in [0.2, 0.25) is 0 Å². The minimum Gasteiger partial charge on any atom is -0.375 e. The Hall–Kier alpha value is -1.93. The summed E-state index contributed by atoms with van der Waals surface area (Å²) in [5, 5.41) is 12.7. The smallest absolute Gasteiger partial charge is 0.184 e. The van der Waals surface area contributed by atoms with E-state index in [0.29, 0.717) is 0 Å². The van der Waals surface area contributed by atoms with Gasteiger partial charge in [-0.3, -0.25) is 5.43 Å². The zero-order valence-corrected chi connectivity index (χ0v) is 8.74. The van der Waals surface area contributed by atoms with Crippen LogP contribution in [-0.4, -0.2) is 11.3 Å². The molecule has 0 amide bonds. The van der Waals surface area contributed by atoms with Crippen molar-refractivity contribution >= 4 is 23.5 Å². The molecule has 1 atom stereocenters. The lowest BCUT2D eigenvalue weighted by Gasteiger charge is -2.02. The molecule has 3 N–H and O–H groups in total. The second-order valence-electron chi connectivity index (χ2n) is 2.77. The molecule has 1 aromatic rings. The molecule has 0 aromatic heterocycles. The molecule has 0 bridgehead atoms. The van der Waals surface area contributed by atoms with Crippen LogP contribution in [0, 0.1) is 11.3 Å². The van der Waals surface area contributed by atoms with Gasteiger partial charge >= 0.3 is 0 Å². The first-order valence-electron chi connectivity index (χ1n) is 4.27. The molecule has 5 heteroatoms. The molecule has 0 fully saturated rings. The minimum absolute atomic E-state index is 0.0796. The number of nitrogens with two attached hydrogens (primary N) is 1. The number of rotatable bonds is 3. The molecule has 15 heavy (non-hydrogen) atoms. The van der Waals surface area contributed by atoms with Crippen molar-refractivity contribution in [3.8, 4) is 6.07 Å². The van der Waals surface area contributed by atoms with E-state index in [-0.39, 0.29) is 5.11 Å². The van der Waals surface area contributed by atoms with Crippen LogP contribution in [0.3, 0.4) is 0 Å². The van der Waals surface area contributed by atoms with Crippen LogP contribution in [-0.2, 0) is 0 Å². The van der Waals surface area contributed by atoms with Gasteiger partial charge in [0.15, 0.2) is 5.11 Å². The van der Waals surface area contributed by atoms with Crippen LogP contribution in [0.4, 0.5) is 0 Å². The van der Waals surface area contributed by atoms with E-state index in [1.165, 1.54) is 6.21 Å². The van der Waals surface area contributed by atoms with E-state index >= 15 is 0 Å². The van der Waals surface area contributed by atoms with Crippen molar-refractivity contribution in [2.75, 3.05) is 0 Å². The normalized spacial score (nSPS) is 11.9. The van der Waals surface area contributed by atoms with Crippen LogP contribution in [0.25, 0.3) is 0 Å². The monoisotopic (exact) mass is 218 g/mol. The Kier molecular flexibility index (Phi) is 4.26. The molecule has 0 radical (unpaired) electrons. The first kappa shape index (κ1) is 11.1. The van der Waals surface area contributed by atoms with Crippen LogP contribution in [0.1, 0.15) is 11.5 Å². The molecule has 0 heterocycles. The van der Waals surface area contributed by atoms with Crippen LogP contribution in [0.15, 0.2) is 35.4 Å². The van der Waals surface area contributed by atoms with Crippen molar-refractivity contribution in [3.05, 3.63) is 35.9 Å². The molecule has 0 saturated carbocycles. The zero-order valence-electron chi connectivity index (χ0n) is 7.92. The first-order chi connectivity index (χ1) is 7.24. The number of nitrogens with zero attached hydrogens (tertiary/aromatic N) is 2. The number of benzene rings is 1. The highest BCUT2D eigenvalue weighted by molar-refractivity contribution is 7.80. The number of hydrazone groups is 1. The van der Waals surface area contributed by atoms with Gasteiger partial charge in [0.05, 0.1) is 6.07 Å². The lowest BCUT2D eigenvalue weighted by molar-refractivity contribution is 1.02.